The number of rotatable bonds is 5. The number of carbonyl (C=O) groups is 1. The number of benzene rings is 2. The minimum atomic E-state index is -1.72. The van der Waals surface area contributed by atoms with Crippen LogP contribution in [0.25, 0.3) is 0 Å². The molecule has 2 rings (SSSR count). The third-order valence-corrected chi connectivity index (χ3v) is 3.69. The van der Waals surface area contributed by atoms with Gasteiger partial charge >= 0.3 is 0 Å². The average Bonchev–Trinajstić information content (AvgIpc) is 2.54. The molecule has 0 aliphatic heterocycles. The Bertz CT molecular complexity index is 643. The Hall–Kier alpha value is -1.62. The smallest absolute Gasteiger partial charge is 0.252 e. The average molecular weight is 374 g/mol. The van der Waals surface area contributed by atoms with Gasteiger partial charge in [-0.25, -0.2) is 0 Å². The van der Waals surface area contributed by atoms with E-state index in [0.717, 1.165) is 5.69 Å². The highest BCUT2D eigenvalue weighted by Crippen LogP contribution is 2.31. The molecule has 0 unspecified atom stereocenters. The number of alkyl halides is 3. The molecule has 23 heavy (non-hydrogen) atoms. The zero-order valence-electron chi connectivity index (χ0n) is 12.2. The topological polar surface area (TPSA) is 50.4 Å². The van der Waals surface area contributed by atoms with Gasteiger partial charge in [0.1, 0.15) is 11.9 Å². The van der Waals surface area contributed by atoms with Crippen molar-refractivity contribution < 1.29 is 9.53 Å². The van der Waals surface area contributed by atoms with Crippen LogP contribution < -0.4 is 15.4 Å². The summed E-state index contributed by atoms with van der Waals surface area (Å²) in [5.74, 6) is 0.286. The standard InChI is InChI=1S/C16H15Cl3N2O2/c1-23-13-9-7-11(8-10-13)14(22)21-15(16(17,18)19)20-12-5-3-2-4-6-12/h2-10,15,20H,1H3,(H,21,22)/t15-/m1/s1. The van der Waals surface area contributed by atoms with Crippen molar-refractivity contribution in [3.63, 3.8) is 0 Å². The summed E-state index contributed by atoms with van der Waals surface area (Å²) < 4.78 is 3.33. The van der Waals surface area contributed by atoms with Crippen LogP contribution in [0.1, 0.15) is 10.4 Å². The molecule has 0 aromatic heterocycles. The quantitative estimate of drug-likeness (QED) is 0.609. The number of nitrogens with one attached hydrogen (secondary N) is 2. The lowest BCUT2D eigenvalue weighted by molar-refractivity contribution is 0.0942. The summed E-state index contributed by atoms with van der Waals surface area (Å²) in [6.45, 7) is 0. The molecule has 0 aliphatic carbocycles. The lowest BCUT2D eigenvalue weighted by atomic mass is 10.2. The number of anilines is 1. The Balaban J connectivity index is 2.12. The van der Waals surface area contributed by atoms with E-state index in [-0.39, 0.29) is 5.91 Å². The lowest BCUT2D eigenvalue weighted by Crippen LogP contribution is -2.49. The monoisotopic (exact) mass is 372 g/mol. The van der Waals surface area contributed by atoms with E-state index in [4.69, 9.17) is 39.5 Å². The normalized spacial score (nSPS) is 12.3. The second kappa shape index (κ2) is 7.77. The highest BCUT2D eigenvalue weighted by Gasteiger charge is 2.34. The van der Waals surface area contributed by atoms with E-state index in [1.54, 1.807) is 31.4 Å². The van der Waals surface area contributed by atoms with Gasteiger partial charge in [-0.05, 0) is 36.4 Å². The molecule has 0 spiro atoms. The third kappa shape index (κ3) is 5.20. The molecular formula is C16H15Cl3N2O2. The molecule has 0 fully saturated rings. The van der Waals surface area contributed by atoms with Crippen molar-refractivity contribution in [2.24, 2.45) is 0 Å². The fourth-order valence-corrected chi connectivity index (χ4v) is 2.18. The summed E-state index contributed by atoms with van der Waals surface area (Å²) in [5.41, 5.74) is 1.15. The van der Waals surface area contributed by atoms with Crippen molar-refractivity contribution in [1.29, 1.82) is 0 Å². The van der Waals surface area contributed by atoms with E-state index in [2.05, 4.69) is 10.6 Å². The molecule has 122 valence electrons. The van der Waals surface area contributed by atoms with Gasteiger partial charge in [-0.1, -0.05) is 53.0 Å². The van der Waals surface area contributed by atoms with Gasteiger partial charge in [-0.2, -0.15) is 0 Å². The number of carbonyl (C=O) groups excluding carboxylic acids is 1. The maximum absolute atomic E-state index is 12.3. The summed E-state index contributed by atoms with van der Waals surface area (Å²) in [6, 6.07) is 15.8. The van der Waals surface area contributed by atoms with Gasteiger partial charge in [0, 0.05) is 11.3 Å². The van der Waals surface area contributed by atoms with E-state index in [1.165, 1.54) is 0 Å². The molecule has 1 atom stereocenters. The zero-order valence-corrected chi connectivity index (χ0v) is 14.5. The second-order valence-electron chi connectivity index (χ2n) is 4.69. The zero-order chi connectivity index (χ0) is 16.9. The molecular weight excluding hydrogens is 359 g/mol. The Labute approximate surface area is 149 Å². The van der Waals surface area contributed by atoms with E-state index < -0.39 is 9.96 Å². The van der Waals surface area contributed by atoms with Gasteiger partial charge in [0.05, 0.1) is 7.11 Å². The largest absolute Gasteiger partial charge is 0.497 e. The van der Waals surface area contributed by atoms with Crippen LogP contribution in [0.3, 0.4) is 0 Å². The Kier molecular flexibility index (Phi) is 5.99. The molecule has 0 saturated heterocycles. The van der Waals surface area contributed by atoms with Crippen molar-refractivity contribution in [2.45, 2.75) is 9.96 Å². The number of halogens is 3. The van der Waals surface area contributed by atoms with Crippen molar-refractivity contribution in [1.82, 2.24) is 5.32 Å². The van der Waals surface area contributed by atoms with Gasteiger partial charge in [0.2, 0.25) is 3.79 Å². The number of methoxy groups -OCH3 is 1. The SMILES string of the molecule is COc1ccc(C(=O)N[C@@H](Nc2ccccc2)C(Cl)(Cl)Cl)cc1. The van der Waals surface area contributed by atoms with Gasteiger partial charge in [-0.15, -0.1) is 0 Å². The van der Waals surface area contributed by atoms with Crippen LogP contribution in [0.2, 0.25) is 0 Å². The Morgan fingerprint density at radius 1 is 1.04 bits per heavy atom. The summed E-state index contributed by atoms with van der Waals surface area (Å²) in [6.07, 6.45) is -0.899. The minimum Gasteiger partial charge on any atom is -0.497 e. The predicted octanol–water partition coefficient (Wildman–Crippen LogP) is 4.23. The molecule has 4 nitrogen and oxygen atoms in total. The van der Waals surface area contributed by atoms with Crippen molar-refractivity contribution in [3.05, 3.63) is 60.2 Å². The molecule has 0 saturated carbocycles. The number of hydrogen-bond acceptors (Lipinski definition) is 3. The van der Waals surface area contributed by atoms with Crippen molar-refractivity contribution in [2.75, 3.05) is 12.4 Å². The Morgan fingerprint density at radius 2 is 1.65 bits per heavy atom. The highest BCUT2D eigenvalue weighted by atomic mass is 35.6. The van der Waals surface area contributed by atoms with Crippen LogP contribution in [-0.4, -0.2) is 23.0 Å². The first-order chi connectivity index (χ1) is 10.9. The maximum Gasteiger partial charge on any atom is 0.252 e. The fourth-order valence-electron chi connectivity index (χ4n) is 1.86. The van der Waals surface area contributed by atoms with Crippen molar-refractivity contribution >= 4 is 46.4 Å². The van der Waals surface area contributed by atoms with Crippen LogP contribution >= 0.6 is 34.8 Å². The lowest BCUT2D eigenvalue weighted by Gasteiger charge is -2.27. The van der Waals surface area contributed by atoms with E-state index in [0.29, 0.717) is 11.3 Å². The Morgan fingerprint density at radius 3 is 2.17 bits per heavy atom. The second-order valence-corrected chi connectivity index (χ2v) is 7.06. The molecule has 2 aromatic carbocycles. The van der Waals surface area contributed by atoms with Crippen LogP contribution in [0.15, 0.2) is 54.6 Å². The maximum atomic E-state index is 12.3. The van der Waals surface area contributed by atoms with E-state index in [1.807, 2.05) is 30.3 Å². The van der Waals surface area contributed by atoms with Crippen LogP contribution in [0.5, 0.6) is 5.75 Å². The highest BCUT2D eigenvalue weighted by molar-refractivity contribution is 6.68. The van der Waals surface area contributed by atoms with E-state index >= 15 is 0 Å². The molecule has 0 bridgehead atoms. The van der Waals surface area contributed by atoms with Gasteiger partial charge in [-0.3, -0.25) is 4.79 Å². The first kappa shape index (κ1) is 17.7. The summed E-state index contributed by atoms with van der Waals surface area (Å²) in [5, 5.41) is 5.66. The molecule has 0 radical (unpaired) electrons. The first-order valence-corrected chi connectivity index (χ1v) is 7.87. The molecule has 2 N–H and O–H groups in total. The first-order valence-electron chi connectivity index (χ1n) is 6.73. The summed E-state index contributed by atoms with van der Waals surface area (Å²) >= 11 is 17.9. The summed E-state index contributed by atoms with van der Waals surface area (Å²) in [4.78, 5) is 12.3. The number of ether oxygens (including phenoxy) is 1. The number of amides is 1. The van der Waals surface area contributed by atoms with Crippen LogP contribution in [-0.2, 0) is 0 Å². The molecule has 7 heteroatoms. The molecule has 1 amide bonds. The van der Waals surface area contributed by atoms with Crippen LogP contribution in [0, 0.1) is 0 Å². The van der Waals surface area contributed by atoms with Gasteiger partial charge < -0.3 is 15.4 Å². The van der Waals surface area contributed by atoms with E-state index in [9.17, 15) is 4.79 Å². The van der Waals surface area contributed by atoms with Crippen molar-refractivity contribution in [3.8, 4) is 5.75 Å². The minimum absolute atomic E-state index is 0.368. The molecule has 2 aromatic rings. The summed E-state index contributed by atoms with van der Waals surface area (Å²) in [7, 11) is 1.55. The number of hydrogen-bond donors (Lipinski definition) is 2. The van der Waals surface area contributed by atoms with Gasteiger partial charge in [0.15, 0.2) is 0 Å². The third-order valence-electron chi connectivity index (χ3n) is 3.04. The predicted molar refractivity (Wildman–Crippen MR) is 94.6 cm³/mol. The number of para-hydroxylation sites is 1. The molecule has 0 aliphatic rings. The van der Waals surface area contributed by atoms with Gasteiger partial charge in [0.25, 0.3) is 5.91 Å². The van der Waals surface area contributed by atoms with Crippen LogP contribution in [0.4, 0.5) is 5.69 Å². The fraction of sp³-hybridized carbons (Fsp3) is 0.188. The molecule has 0 heterocycles.